The Hall–Kier alpha value is -1.35. The normalized spacial score (nSPS) is 26.2. The van der Waals surface area contributed by atoms with Crippen molar-refractivity contribution >= 4 is 57.5 Å². The third-order valence-electron chi connectivity index (χ3n) is 3.77. The largest absolute Gasteiger partial charge is 0.469 e. The summed E-state index contributed by atoms with van der Waals surface area (Å²) in [6.45, 7) is -0.613. The maximum atomic E-state index is 10.9. The Morgan fingerprint density at radius 1 is 1.39 bits per heavy atom. The van der Waals surface area contributed by atoms with Gasteiger partial charge in [-0.25, -0.2) is 9.55 Å². The lowest BCUT2D eigenvalue weighted by molar-refractivity contribution is -0.0504. The van der Waals surface area contributed by atoms with Gasteiger partial charge < -0.3 is 30.5 Å². The quantitative estimate of drug-likeness (QED) is 0.112. The van der Waals surface area contributed by atoms with E-state index in [1.54, 1.807) is 16.4 Å². The van der Waals surface area contributed by atoms with Gasteiger partial charge in [-0.3, -0.25) is 9.09 Å². The molecular formula is C13H16BrN5O7PS+. The average molecular weight is 497 g/mol. The van der Waals surface area contributed by atoms with Crippen LogP contribution in [0.5, 0.6) is 0 Å². The summed E-state index contributed by atoms with van der Waals surface area (Å²) in [4.78, 5) is 31.8. The summed E-state index contributed by atoms with van der Waals surface area (Å²) < 4.78 is 22.1. The summed E-state index contributed by atoms with van der Waals surface area (Å²) in [7, 11) is -4.75. The van der Waals surface area contributed by atoms with Crippen LogP contribution in [0.1, 0.15) is 6.23 Å². The predicted molar refractivity (Wildman–Crippen MR) is 103 cm³/mol. The highest BCUT2D eigenvalue weighted by Crippen LogP contribution is 2.38. The van der Waals surface area contributed by atoms with Gasteiger partial charge in [-0.15, -0.1) is 0 Å². The number of fused-ring (bicyclic) bond motifs is 1. The third-order valence-corrected chi connectivity index (χ3v) is 5.25. The molecule has 12 nitrogen and oxygen atoms in total. The first-order chi connectivity index (χ1) is 13.2. The van der Waals surface area contributed by atoms with E-state index in [2.05, 4.69) is 35.4 Å². The smallest absolute Gasteiger partial charge is 0.387 e. The minimum Gasteiger partial charge on any atom is -0.387 e. The van der Waals surface area contributed by atoms with Crippen LogP contribution >= 0.6 is 23.8 Å². The molecule has 3 heterocycles. The molecule has 2 aromatic heterocycles. The van der Waals surface area contributed by atoms with E-state index in [4.69, 9.17) is 20.3 Å². The van der Waals surface area contributed by atoms with Gasteiger partial charge in [0.05, 0.1) is 12.9 Å². The van der Waals surface area contributed by atoms with Gasteiger partial charge in [-0.05, 0) is 4.99 Å². The Kier molecular flexibility index (Phi) is 6.54. The van der Waals surface area contributed by atoms with Crippen molar-refractivity contribution in [2.24, 2.45) is 0 Å². The van der Waals surface area contributed by atoms with Crippen LogP contribution in [0.2, 0.25) is 0 Å². The second-order valence-electron chi connectivity index (χ2n) is 5.62. The van der Waals surface area contributed by atoms with Crippen molar-refractivity contribution in [3.8, 4) is 0 Å². The highest BCUT2D eigenvalue weighted by Gasteiger charge is 2.45. The Morgan fingerprint density at radius 2 is 2.14 bits per heavy atom. The molecule has 28 heavy (non-hydrogen) atoms. The summed E-state index contributed by atoms with van der Waals surface area (Å²) in [6.07, 6.45) is -2.12. The Bertz CT molecular complexity index is 966. The Balaban J connectivity index is 1.91. The molecule has 1 saturated heterocycles. The molecule has 0 aliphatic carbocycles. The van der Waals surface area contributed by atoms with Gasteiger partial charge in [0.25, 0.3) is 11.4 Å². The van der Waals surface area contributed by atoms with Crippen LogP contribution in [0.3, 0.4) is 0 Å². The molecule has 0 bridgehead atoms. The molecule has 0 amide bonds. The molecule has 0 radical (unpaired) electrons. The maximum absolute atomic E-state index is 10.9. The van der Waals surface area contributed by atoms with Crippen LogP contribution in [0.25, 0.3) is 11.2 Å². The van der Waals surface area contributed by atoms with Gasteiger partial charge in [-0.1, -0.05) is 15.9 Å². The molecular weight excluding hydrogens is 481 g/mol. The fourth-order valence-electron chi connectivity index (χ4n) is 2.55. The van der Waals surface area contributed by atoms with Crippen LogP contribution < -0.4 is 5.73 Å². The van der Waals surface area contributed by atoms with E-state index < -0.39 is 39.0 Å². The van der Waals surface area contributed by atoms with Crippen molar-refractivity contribution in [2.45, 2.75) is 29.7 Å². The topological polar surface area (TPSA) is 186 Å². The van der Waals surface area contributed by atoms with Crippen molar-refractivity contribution in [3.05, 3.63) is 17.4 Å². The lowest BCUT2D eigenvalue weighted by Gasteiger charge is -2.16. The molecule has 0 saturated carbocycles. The molecule has 152 valence electrons. The maximum Gasteiger partial charge on any atom is 0.469 e. The summed E-state index contributed by atoms with van der Waals surface area (Å²) in [5, 5.41) is 22.5. The molecule has 2 aromatic rings. The van der Waals surface area contributed by atoms with E-state index >= 15 is 0 Å². The van der Waals surface area contributed by atoms with Crippen LogP contribution in [0, 0.1) is 0 Å². The zero-order valence-corrected chi connectivity index (χ0v) is 17.2. The van der Waals surface area contributed by atoms with E-state index in [9.17, 15) is 14.8 Å². The van der Waals surface area contributed by atoms with E-state index in [1.165, 1.54) is 22.2 Å². The number of nitrogen functional groups attached to an aromatic ring is 1. The molecule has 1 fully saturated rings. The minimum absolute atomic E-state index is 0.122. The Labute approximate surface area is 170 Å². The summed E-state index contributed by atoms with van der Waals surface area (Å²) in [5.41, 5.74) is 6.46. The average Bonchev–Trinajstić information content (AvgIpc) is 3.15. The van der Waals surface area contributed by atoms with E-state index in [-0.39, 0.29) is 17.0 Å². The van der Waals surface area contributed by atoms with Crippen molar-refractivity contribution < 1.29 is 33.8 Å². The molecule has 3 rings (SSSR count). The number of allylic oxidation sites excluding steroid dienone is 1. The molecule has 6 N–H and O–H groups in total. The van der Waals surface area contributed by atoms with Crippen LogP contribution in [-0.4, -0.2) is 69.8 Å². The Morgan fingerprint density at radius 3 is 2.82 bits per heavy atom. The van der Waals surface area contributed by atoms with E-state index in [0.29, 0.717) is 5.16 Å². The first kappa shape index (κ1) is 21.4. The van der Waals surface area contributed by atoms with Crippen molar-refractivity contribution in [1.82, 2.24) is 19.5 Å². The van der Waals surface area contributed by atoms with Crippen molar-refractivity contribution in [1.29, 1.82) is 0 Å². The zero-order valence-electron chi connectivity index (χ0n) is 13.9. The zero-order chi connectivity index (χ0) is 20.5. The number of hydrogen-bond acceptors (Lipinski definition) is 9. The third kappa shape index (κ3) is 4.62. The second kappa shape index (κ2) is 8.57. The second-order valence-corrected chi connectivity index (χ2v) is 8.26. The van der Waals surface area contributed by atoms with Gasteiger partial charge in [-0.2, -0.15) is 9.97 Å². The number of aliphatic hydroxyl groups excluding tert-OH is 2. The van der Waals surface area contributed by atoms with Gasteiger partial charge in [0, 0.05) is 6.08 Å². The molecule has 0 spiro atoms. The number of nitrogens with two attached hydrogens (primary N) is 1. The monoisotopic (exact) mass is 496 g/mol. The van der Waals surface area contributed by atoms with E-state index in [1.807, 2.05) is 0 Å². The number of anilines is 1. The standard InChI is InChI=1S/C13H15BrN5O7PS/c14-2-1-3-28-13-17-10(15)7-11(18-13)19(5-16-7)12-9(21)8(20)6(26-12)4-25-27(22,23)24/h1-3,5-6,8-9,12,20-21H,4H2,(H3-,15,17,18,22,23,24)/p+1/b2-1+/t6-,8-,9-,12-/m1/s1. The lowest BCUT2D eigenvalue weighted by Crippen LogP contribution is -2.33. The molecule has 4 atom stereocenters. The van der Waals surface area contributed by atoms with Gasteiger partial charge in [0.2, 0.25) is 5.37 Å². The SMILES string of the molecule is Nc1nc([S+]=C/C=C/Br)nc2c1ncn2[C@@H]1O[C@H](COP(=O)(O)O)[C@@H](O)[C@H]1O. The first-order valence-electron chi connectivity index (χ1n) is 7.68. The first-order valence-corrected chi connectivity index (χ1v) is 11.0. The number of nitrogens with zero attached hydrogens (tertiary/aromatic N) is 4. The number of rotatable bonds is 6. The van der Waals surface area contributed by atoms with Crippen molar-refractivity contribution in [2.75, 3.05) is 12.3 Å². The highest BCUT2D eigenvalue weighted by molar-refractivity contribution is 9.11. The number of aliphatic hydroxyl groups is 2. The van der Waals surface area contributed by atoms with Crippen LogP contribution in [0.4, 0.5) is 5.82 Å². The molecule has 1 aliphatic heterocycles. The molecule has 1 aliphatic rings. The van der Waals surface area contributed by atoms with Crippen LogP contribution in [-0.2, 0) is 25.2 Å². The molecule has 15 heteroatoms. The molecule has 0 unspecified atom stereocenters. The number of hydrogen-bond donors (Lipinski definition) is 5. The lowest BCUT2D eigenvalue weighted by atomic mass is 10.1. The number of ether oxygens (including phenoxy) is 1. The van der Waals surface area contributed by atoms with Crippen molar-refractivity contribution in [3.63, 3.8) is 0 Å². The summed E-state index contributed by atoms with van der Waals surface area (Å²) in [5.74, 6) is 0.122. The summed E-state index contributed by atoms with van der Waals surface area (Å²) in [6, 6.07) is 0. The number of aromatic nitrogens is 4. The number of halogens is 1. The van der Waals surface area contributed by atoms with Gasteiger partial charge >= 0.3 is 13.0 Å². The number of phosphoric acid groups is 1. The van der Waals surface area contributed by atoms with E-state index in [0.717, 1.165) is 0 Å². The van der Waals surface area contributed by atoms with Gasteiger partial charge in [0.1, 0.15) is 18.3 Å². The predicted octanol–water partition coefficient (Wildman–Crippen LogP) is -0.711. The van der Waals surface area contributed by atoms with Gasteiger partial charge in [0.15, 0.2) is 23.2 Å². The highest BCUT2D eigenvalue weighted by atomic mass is 79.9. The number of phosphoric ester groups is 1. The fourth-order valence-corrected chi connectivity index (χ4v) is 3.82. The fraction of sp³-hybridized carbons (Fsp3) is 0.385. The molecule has 0 aromatic carbocycles. The summed E-state index contributed by atoms with van der Waals surface area (Å²) >= 11 is 4.34. The van der Waals surface area contributed by atoms with Crippen LogP contribution in [0.15, 0.2) is 22.5 Å². The number of imidazole rings is 1. The minimum atomic E-state index is -4.75.